The average molecular weight is 339 g/mol. The molecule has 2 N–H and O–H groups in total. The molecule has 0 saturated heterocycles. The Morgan fingerprint density at radius 3 is 2.59 bits per heavy atom. The number of H-pyrrole nitrogens is 1. The Morgan fingerprint density at radius 2 is 2.05 bits per heavy atom. The number of nitrogens with zero attached hydrogens (tertiary/aromatic N) is 1. The Hall–Kier alpha value is -1.79. The highest BCUT2D eigenvalue weighted by molar-refractivity contribution is 8.00. The van der Waals surface area contributed by atoms with Crippen molar-refractivity contribution in [3.8, 4) is 0 Å². The van der Waals surface area contributed by atoms with Gasteiger partial charge in [0.1, 0.15) is 5.25 Å². The first kappa shape index (κ1) is 16.6. The molecule has 0 bridgehead atoms. The van der Waals surface area contributed by atoms with E-state index in [0.29, 0.717) is 27.9 Å². The lowest BCUT2D eigenvalue weighted by atomic mass is 10.1. The van der Waals surface area contributed by atoms with E-state index in [1.165, 1.54) is 0 Å². The second kappa shape index (κ2) is 6.98. The summed E-state index contributed by atoms with van der Waals surface area (Å²) in [7, 11) is 0. The van der Waals surface area contributed by atoms with Crippen molar-refractivity contribution >= 4 is 29.3 Å². The van der Waals surface area contributed by atoms with Crippen LogP contribution in [-0.4, -0.2) is 26.3 Å². The maximum Gasteiger partial charge on any atom is 0.316 e. The van der Waals surface area contributed by atoms with Gasteiger partial charge in [0, 0.05) is 22.7 Å². The van der Waals surface area contributed by atoms with Crippen LogP contribution in [0.5, 0.6) is 0 Å². The van der Waals surface area contributed by atoms with Crippen molar-refractivity contribution in [2.45, 2.75) is 30.7 Å². The fourth-order valence-electron chi connectivity index (χ4n) is 1.87. The molecule has 5 nitrogen and oxygen atoms in total. The van der Waals surface area contributed by atoms with Gasteiger partial charge in [-0.05, 0) is 31.5 Å². The van der Waals surface area contributed by atoms with Crippen molar-refractivity contribution in [1.29, 1.82) is 0 Å². The first-order valence-electron chi connectivity index (χ1n) is 6.60. The first-order chi connectivity index (χ1) is 10.4. The Morgan fingerprint density at radius 1 is 1.41 bits per heavy atom. The Balaban J connectivity index is 2.25. The molecule has 0 saturated carbocycles. The molecule has 1 aromatic carbocycles. The SMILES string of the molecule is Cc1nc(SC(C)C(=O)O)[nH]c(=O)c1Cc1ccc(Cl)cc1. The van der Waals surface area contributed by atoms with Gasteiger partial charge in [0.05, 0.1) is 0 Å². The number of aromatic amines is 1. The molecule has 1 unspecified atom stereocenters. The molecule has 22 heavy (non-hydrogen) atoms. The van der Waals surface area contributed by atoms with Crippen LogP contribution >= 0.6 is 23.4 Å². The van der Waals surface area contributed by atoms with Crippen molar-refractivity contribution in [2.24, 2.45) is 0 Å². The van der Waals surface area contributed by atoms with Crippen LogP contribution in [0.2, 0.25) is 5.02 Å². The number of hydrogen-bond acceptors (Lipinski definition) is 4. The predicted octanol–water partition coefficient (Wildman–Crippen LogP) is 2.89. The summed E-state index contributed by atoms with van der Waals surface area (Å²) in [5.41, 5.74) is 1.87. The molecule has 1 aromatic heterocycles. The molecule has 2 aromatic rings. The molecule has 0 spiro atoms. The molecular formula is C15H15ClN2O3S. The highest BCUT2D eigenvalue weighted by Gasteiger charge is 2.16. The molecule has 1 atom stereocenters. The summed E-state index contributed by atoms with van der Waals surface area (Å²) >= 11 is 6.85. The molecule has 0 fully saturated rings. The lowest BCUT2D eigenvalue weighted by molar-refractivity contribution is -0.136. The molecule has 0 aliphatic carbocycles. The minimum atomic E-state index is -0.949. The third kappa shape index (κ3) is 4.11. The Bertz CT molecular complexity index is 743. The number of aryl methyl sites for hydroxylation is 1. The second-order valence-corrected chi connectivity index (χ2v) is 6.60. The van der Waals surface area contributed by atoms with Gasteiger partial charge >= 0.3 is 5.97 Å². The van der Waals surface area contributed by atoms with Gasteiger partial charge in [-0.3, -0.25) is 9.59 Å². The van der Waals surface area contributed by atoms with E-state index < -0.39 is 11.2 Å². The van der Waals surface area contributed by atoms with Gasteiger partial charge in [0.25, 0.3) is 5.56 Å². The van der Waals surface area contributed by atoms with E-state index in [-0.39, 0.29) is 5.56 Å². The van der Waals surface area contributed by atoms with E-state index in [1.54, 1.807) is 26.0 Å². The van der Waals surface area contributed by atoms with Crippen LogP contribution in [0.4, 0.5) is 0 Å². The third-order valence-electron chi connectivity index (χ3n) is 3.13. The van der Waals surface area contributed by atoms with Crippen LogP contribution in [-0.2, 0) is 11.2 Å². The molecular weight excluding hydrogens is 324 g/mol. The Labute approximate surface area is 136 Å². The molecule has 116 valence electrons. The number of halogens is 1. The zero-order chi connectivity index (χ0) is 16.3. The minimum absolute atomic E-state index is 0.248. The fourth-order valence-corrected chi connectivity index (χ4v) is 2.78. The number of nitrogens with one attached hydrogen (secondary N) is 1. The predicted molar refractivity (Wildman–Crippen MR) is 86.8 cm³/mol. The van der Waals surface area contributed by atoms with Gasteiger partial charge in [-0.2, -0.15) is 0 Å². The molecule has 0 aliphatic rings. The van der Waals surface area contributed by atoms with E-state index in [2.05, 4.69) is 9.97 Å². The number of rotatable bonds is 5. The molecule has 0 aliphatic heterocycles. The summed E-state index contributed by atoms with van der Waals surface area (Å²) < 4.78 is 0. The zero-order valence-electron chi connectivity index (χ0n) is 12.1. The van der Waals surface area contributed by atoms with E-state index in [4.69, 9.17) is 16.7 Å². The van der Waals surface area contributed by atoms with Crippen LogP contribution in [0.15, 0.2) is 34.2 Å². The van der Waals surface area contributed by atoms with Gasteiger partial charge in [0.2, 0.25) is 0 Å². The highest BCUT2D eigenvalue weighted by atomic mass is 35.5. The lowest BCUT2D eigenvalue weighted by Crippen LogP contribution is -2.19. The highest BCUT2D eigenvalue weighted by Crippen LogP contribution is 2.20. The fraction of sp³-hybridized carbons (Fsp3) is 0.267. The van der Waals surface area contributed by atoms with Gasteiger partial charge < -0.3 is 10.1 Å². The maximum absolute atomic E-state index is 12.2. The van der Waals surface area contributed by atoms with Crippen LogP contribution in [0, 0.1) is 6.92 Å². The molecule has 0 amide bonds. The van der Waals surface area contributed by atoms with Gasteiger partial charge in [-0.1, -0.05) is 35.5 Å². The number of benzene rings is 1. The summed E-state index contributed by atoms with van der Waals surface area (Å²) in [6.45, 7) is 3.29. The zero-order valence-corrected chi connectivity index (χ0v) is 13.7. The number of carboxylic acid groups (broad SMARTS) is 1. The smallest absolute Gasteiger partial charge is 0.316 e. The summed E-state index contributed by atoms with van der Waals surface area (Å²) in [6, 6.07) is 7.26. The summed E-state index contributed by atoms with van der Waals surface area (Å²) in [4.78, 5) is 30.0. The minimum Gasteiger partial charge on any atom is -0.480 e. The van der Waals surface area contributed by atoms with Gasteiger partial charge in [-0.25, -0.2) is 4.98 Å². The second-order valence-electron chi connectivity index (χ2n) is 4.84. The van der Waals surface area contributed by atoms with E-state index in [1.807, 2.05) is 12.1 Å². The number of carbonyl (C=O) groups is 1. The molecule has 7 heteroatoms. The van der Waals surface area contributed by atoms with Crippen molar-refractivity contribution in [3.05, 3.63) is 56.5 Å². The molecule has 0 radical (unpaired) electrons. The monoisotopic (exact) mass is 338 g/mol. The topological polar surface area (TPSA) is 83.0 Å². The summed E-state index contributed by atoms with van der Waals surface area (Å²) in [5.74, 6) is -0.949. The Kier molecular flexibility index (Phi) is 5.26. The van der Waals surface area contributed by atoms with Crippen LogP contribution in [0.1, 0.15) is 23.7 Å². The number of carboxylic acids is 1. The molecule has 1 heterocycles. The van der Waals surface area contributed by atoms with Crippen molar-refractivity contribution in [2.75, 3.05) is 0 Å². The van der Waals surface area contributed by atoms with Gasteiger partial charge in [-0.15, -0.1) is 0 Å². The van der Waals surface area contributed by atoms with E-state index in [0.717, 1.165) is 17.3 Å². The number of hydrogen-bond donors (Lipinski definition) is 2. The number of thioether (sulfide) groups is 1. The van der Waals surface area contributed by atoms with Crippen LogP contribution in [0.3, 0.4) is 0 Å². The van der Waals surface area contributed by atoms with Crippen molar-refractivity contribution < 1.29 is 9.90 Å². The van der Waals surface area contributed by atoms with Crippen molar-refractivity contribution in [3.63, 3.8) is 0 Å². The number of aromatic nitrogens is 2. The average Bonchev–Trinajstić information content (AvgIpc) is 2.44. The van der Waals surface area contributed by atoms with Crippen LogP contribution < -0.4 is 5.56 Å². The van der Waals surface area contributed by atoms with E-state index in [9.17, 15) is 9.59 Å². The summed E-state index contributed by atoms with van der Waals surface area (Å²) in [5, 5.41) is 9.18. The normalized spacial score (nSPS) is 12.1. The maximum atomic E-state index is 12.2. The van der Waals surface area contributed by atoms with Gasteiger partial charge in [0.15, 0.2) is 5.16 Å². The number of aliphatic carboxylic acids is 1. The van der Waals surface area contributed by atoms with Crippen LogP contribution in [0.25, 0.3) is 0 Å². The van der Waals surface area contributed by atoms with E-state index >= 15 is 0 Å². The van der Waals surface area contributed by atoms with Crippen molar-refractivity contribution in [1.82, 2.24) is 9.97 Å². The standard InChI is InChI=1S/C15H15ClN2O3S/c1-8-12(7-10-3-5-11(16)6-4-10)13(19)18-15(17-8)22-9(2)14(20)21/h3-6,9H,7H2,1-2H3,(H,20,21)(H,17,18,19). The largest absolute Gasteiger partial charge is 0.480 e. The quantitative estimate of drug-likeness (QED) is 0.647. The summed E-state index contributed by atoms with van der Waals surface area (Å²) in [6.07, 6.45) is 0.449. The molecule has 2 rings (SSSR count). The first-order valence-corrected chi connectivity index (χ1v) is 7.86. The third-order valence-corrected chi connectivity index (χ3v) is 4.35. The lowest BCUT2D eigenvalue weighted by Gasteiger charge is -2.09.